The molecule has 1 aromatic carbocycles. The number of hydrogen-bond acceptors (Lipinski definition) is 2. The van der Waals surface area contributed by atoms with Gasteiger partial charge in [0, 0.05) is 19.7 Å². The molecule has 1 aromatic heterocycles. The lowest BCUT2D eigenvalue weighted by Gasteiger charge is -2.10. The normalized spacial score (nSPS) is 9.50. The number of anilines is 1. The van der Waals surface area contributed by atoms with Gasteiger partial charge in [0.1, 0.15) is 17.3 Å². The first-order valence-electron chi connectivity index (χ1n) is 5.57. The van der Waals surface area contributed by atoms with E-state index in [0.29, 0.717) is 11.3 Å². The van der Waals surface area contributed by atoms with Crippen LogP contribution in [-0.4, -0.2) is 19.1 Å². The van der Waals surface area contributed by atoms with Gasteiger partial charge in [0.05, 0.1) is 0 Å². The second-order valence-corrected chi connectivity index (χ2v) is 4.04. The van der Waals surface area contributed by atoms with Gasteiger partial charge in [0.2, 0.25) is 0 Å². The van der Waals surface area contributed by atoms with Crippen LogP contribution in [0.15, 0.2) is 42.5 Å². The van der Waals surface area contributed by atoms with Crippen molar-refractivity contribution in [1.29, 1.82) is 0 Å². The molecule has 0 bridgehead atoms. The lowest BCUT2D eigenvalue weighted by molar-refractivity contribution is 0.627. The van der Waals surface area contributed by atoms with Gasteiger partial charge in [-0.25, -0.2) is 9.37 Å². The number of halogens is 1. The summed E-state index contributed by atoms with van der Waals surface area (Å²) < 4.78 is 13.0. The van der Waals surface area contributed by atoms with Crippen LogP contribution in [0.4, 0.5) is 10.2 Å². The fourth-order valence-electron chi connectivity index (χ4n) is 1.44. The molecule has 0 fully saturated rings. The maximum atomic E-state index is 13.0. The fourth-order valence-corrected chi connectivity index (χ4v) is 1.44. The first kappa shape index (κ1) is 12.1. The van der Waals surface area contributed by atoms with Gasteiger partial charge < -0.3 is 4.90 Å². The van der Waals surface area contributed by atoms with E-state index >= 15 is 0 Å². The van der Waals surface area contributed by atoms with E-state index in [-0.39, 0.29) is 5.82 Å². The van der Waals surface area contributed by atoms with Gasteiger partial charge in [0.25, 0.3) is 0 Å². The molecule has 0 unspecified atom stereocenters. The Hall–Kier alpha value is -2.34. The summed E-state index contributed by atoms with van der Waals surface area (Å²) >= 11 is 0. The van der Waals surface area contributed by atoms with E-state index in [1.54, 1.807) is 12.1 Å². The summed E-state index contributed by atoms with van der Waals surface area (Å²) in [4.78, 5) is 6.28. The summed E-state index contributed by atoms with van der Waals surface area (Å²) in [5.74, 6) is 6.39. The molecule has 2 rings (SSSR count). The van der Waals surface area contributed by atoms with E-state index in [2.05, 4.69) is 16.8 Å². The van der Waals surface area contributed by atoms with Crippen molar-refractivity contribution in [1.82, 2.24) is 4.98 Å². The van der Waals surface area contributed by atoms with Crippen molar-refractivity contribution in [3.8, 4) is 11.8 Å². The van der Waals surface area contributed by atoms with Crippen LogP contribution >= 0.6 is 0 Å². The average molecular weight is 240 g/mol. The predicted molar refractivity (Wildman–Crippen MR) is 70.9 cm³/mol. The maximum Gasteiger partial charge on any atom is 0.129 e. The molecule has 0 aliphatic carbocycles. The Morgan fingerprint density at radius 3 is 2.56 bits per heavy atom. The number of aromatic nitrogens is 1. The quantitative estimate of drug-likeness (QED) is 0.712. The lowest BCUT2D eigenvalue weighted by atomic mass is 10.2. The Kier molecular flexibility index (Phi) is 3.59. The molecule has 2 nitrogen and oxygen atoms in total. The highest BCUT2D eigenvalue weighted by Crippen LogP contribution is 2.07. The van der Waals surface area contributed by atoms with Crippen LogP contribution in [0.3, 0.4) is 0 Å². The van der Waals surface area contributed by atoms with Crippen LogP contribution in [0, 0.1) is 17.7 Å². The molecule has 0 atom stereocenters. The third kappa shape index (κ3) is 3.08. The van der Waals surface area contributed by atoms with Gasteiger partial charge in [-0.1, -0.05) is 18.1 Å². The number of hydrogen-bond donors (Lipinski definition) is 0. The van der Waals surface area contributed by atoms with Crippen molar-refractivity contribution < 1.29 is 4.39 Å². The van der Waals surface area contributed by atoms with E-state index in [0.717, 1.165) is 5.82 Å². The Morgan fingerprint density at radius 1 is 1.06 bits per heavy atom. The molecule has 1 heterocycles. The summed E-state index contributed by atoms with van der Waals surface area (Å²) in [7, 11) is 3.85. The predicted octanol–water partition coefficient (Wildman–Crippen LogP) is 2.69. The molecule has 18 heavy (non-hydrogen) atoms. The van der Waals surface area contributed by atoms with Crippen molar-refractivity contribution in [2.45, 2.75) is 0 Å². The van der Waals surface area contributed by atoms with E-state index in [4.69, 9.17) is 0 Å². The summed E-state index contributed by atoms with van der Waals surface area (Å²) in [5.41, 5.74) is 1.32. The largest absolute Gasteiger partial charge is 0.363 e. The Morgan fingerprint density at radius 2 is 1.83 bits per heavy atom. The highest BCUT2D eigenvalue weighted by molar-refractivity contribution is 5.44. The van der Waals surface area contributed by atoms with Crippen molar-refractivity contribution in [2.75, 3.05) is 19.0 Å². The van der Waals surface area contributed by atoms with Crippen LogP contribution < -0.4 is 4.90 Å². The zero-order valence-corrected chi connectivity index (χ0v) is 10.3. The van der Waals surface area contributed by atoms with E-state index in [1.165, 1.54) is 12.1 Å². The molecule has 2 aromatic rings. The van der Waals surface area contributed by atoms with E-state index in [1.807, 2.05) is 37.2 Å². The zero-order valence-electron chi connectivity index (χ0n) is 10.3. The van der Waals surface area contributed by atoms with Gasteiger partial charge in [0.15, 0.2) is 0 Å². The summed E-state index contributed by atoms with van der Waals surface area (Å²) in [6.07, 6.45) is 0. The third-order valence-electron chi connectivity index (χ3n) is 2.35. The smallest absolute Gasteiger partial charge is 0.129 e. The van der Waals surface area contributed by atoms with Gasteiger partial charge in [-0.2, -0.15) is 0 Å². The molecular formula is C15H13FN2. The molecule has 0 spiro atoms. The topological polar surface area (TPSA) is 16.1 Å². The molecule has 0 N–H and O–H groups in total. The average Bonchev–Trinajstić information content (AvgIpc) is 2.37. The second kappa shape index (κ2) is 5.33. The summed E-state index contributed by atoms with van der Waals surface area (Å²) in [6.45, 7) is 0. The van der Waals surface area contributed by atoms with Crippen molar-refractivity contribution in [3.05, 3.63) is 59.5 Å². The molecule has 0 radical (unpaired) electrons. The van der Waals surface area contributed by atoms with E-state index < -0.39 is 0 Å². The third-order valence-corrected chi connectivity index (χ3v) is 2.35. The summed E-state index contributed by atoms with van der Waals surface area (Å²) in [6, 6.07) is 11.9. The number of rotatable bonds is 1. The van der Waals surface area contributed by atoms with Gasteiger partial charge >= 0.3 is 0 Å². The molecule has 0 aliphatic heterocycles. The van der Waals surface area contributed by atoms with Gasteiger partial charge in [-0.3, -0.25) is 0 Å². The van der Waals surface area contributed by atoms with E-state index in [9.17, 15) is 4.39 Å². The number of nitrogens with zero attached hydrogens (tertiary/aromatic N) is 2. The monoisotopic (exact) mass is 240 g/mol. The first-order chi connectivity index (χ1) is 8.65. The minimum atomic E-state index is -0.281. The van der Waals surface area contributed by atoms with Crippen molar-refractivity contribution >= 4 is 5.82 Å². The van der Waals surface area contributed by atoms with Gasteiger partial charge in [-0.15, -0.1) is 0 Å². The van der Waals surface area contributed by atoms with Crippen molar-refractivity contribution in [3.63, 3.8) is 0 Å². The highest BCUT2D eigenvalue weighted by atomic mass is 19.1. The zero-order chi connectivity index (χ0) is 13.0. The fraction of sp³-hybridized carbons (Fsp3) is 0.133. The Labute approximate surface area is 106 Å². The Bertz CT molecular complexity index is 609. The number of pyridine rings is 1. The highest BCUT2D eigenvalue weighted by Gasteiger charge is 1.96. The Balaban J connectivity index is 2.27. The van der Waals surface area contributed by atoms with Gasteiger partial charge in [-0.05, 0) is 36.3 Å². The molecule has 0 aliphatic rings. The lowest BCUT2D eigenvalue weighted by Crippen LogP contribution is -2.10. The summed E-state index contributed by atoms with van der Waals surface area (Å²) in [5, 5.41) is 0. The van der Waals surface area contributed by atoms with Crippen LogP contribution in [0.2, 0.25) is 0 Å². The van der Waals surface area contributed by atoms with Crippen LogP contribution in [0.5, 0.6) is 0 Å². The second-order valence-electron chi connectivity index (χ2n) is 4.04. The molecular weight excluding hydrogens is 227 g/mol. The molecule has 0 saturated heterocycles. The molecule has 0 amide bonds. The standard InChI is InChI=1S/C15H13FN2/c1-18(2)15-8-4-7-14(17-15)10-9-12-5-3-6-13(16)11-12/h3-8,11H,1-2H3. The maximum absolute atomic E-state index is 13.0. The van der Waals surface area contributed by atoms with Crippen LogP contribution in [0.1, 0.15) is 11.3 Å². The first-order valence-corrected chi connectivity index (χ1v) is 5.57. The van der Waals surface area contributed by atoms with Crippen LogP contribution in [-0.2, 0) is 0 Å². The number of benzene rings is 1. The van der Waals surface area contributed by atoms with Crippen molar-refractivity contribution in [2.24, 2.45) is 0 Å². The molecule has 0 saturated carbocycles. The molecule has 3 heteroatoms. The minimum Gasteiger partial charge on any atom is -0.363 e. The molecule has 90 valence electrons. The van der Waals surface area contributed by atoms with Crippen LogP contribution in [0.25, 0.3) is 0 Å². The SMILES string of the molecule is CN(C)c1cccc(C#Cc2cccc(F)c2)n1. The minimum absolute atomic E-state index is 0.281.